The quantitative estimate of drug-likeness (QED) is 0.637. The van der Waals surface area contributed by atoms with Gasteiger partial charge in [-0.05, 0) is 67.6 Å². The number of halogens is 1. The minimum Gasteiger partial charge on any atom is -0.371 e. The number of amides is 4. The van der Waals surface area contributed by atoms with E-state index in [1.807, 2.05) is 18.2 Å². The van der Waals surface area contributed by atoms with Crippen molar-refractivity contribution < 1.29 is 14.4 Å². The zero-order valence-electron chi connectivity index (χ0n) is 20.0. The van der Waals surface area contributed by atoms with Gasteiger partial charge in [0.25, 0.3) is 5.91 Å². The van der Waals surface area contributed by atoms with Crippen molar-refractivity contribution in [3.8, 4) is 0 Å². The number of aryl methyl sites for hydroxylation is 1. The lowest BCUT2D eigenvalue weighted by molar-refractivity contribution is -0.137. The summed E-state index contributed by atoms with van der Waals surface area (Å²) in [6, 6.07) is 5.44. The summed E-state index contributed by atoms with van der Waals surface area (Å²) >= 11 is 6.17. The van der Waals surface area contributed by atoms with Gasteiger partial charge in [0.15, 0.2) is 0 Å². The van der Waals surface area contributed by atoms with Gasteiger partial charge in [0.2, 0.25) is 5.91 Å². The minimum atomic E-state index is -0.876. The van der Waals surface area contributed by atoms with E-state index in [2.05, 4.69) is 43.2 Å². The molecule has 3 atom stereocenters. The number of carbonyl (C=O) groups is 3. The maximum absolute atomic E-state index is 13.2. The third-order valence-corrected chi connectivity index (χ3v) is 7.55. The maximum atomic E-state index is 13.2. The van der Waals surface area contributed by atoms with E-state index >= 15 is 0 Å². The second-order valence-electron chi connectivity index (χ2n) is 11.1. The fourth-order valence-corrected chi connectivity index (χ4v) is 6.41. The smallest absolute Gasteiger partial charge is 0.325 e. The lowest BCUT2D eigenvalue weighted by Gasteiger charge is -2.43. The second-order valence-corrected chi connectivity index (χ2v) is 11.5. The molecule has 0 bridgehead atoms. The highest BCUT2D eigenvalue weighted by molar-refractivity contribution is 6.30. The molecule has 1 aromatic carbocycles. The molecule has 1 spiro atoms. The third kappa shape index (κ3) is 4.98. The molecule has 33 heavy (non-hydrogen) atoms. The molecule has 0 aromatic heterocycles. The van der Waals surface area contributed by atoms with Gasteiger partial charge in [-0.25, -0.2) is 4.79 Å². The number of nitrogens with zero attached hydrogens (tertiary/aromatic N) is 2. The molecule has 3 aliphatic rings. The van der Waals surface area contributed by atoms with Crippen LogP contribution < -0.4 is 15.5 Å². The lowest BCUT2D eigenvalue weighted by Crippen LogP contribution is -2.54. The van der Waals surface area contributed by atoms with Crippen molar-refractivity contribution in [2.45, 2.75) is 58.9 Å². The van der Waals surface area contributed by atoms with Crippen LogP contribution in [0.1, 0.15) is 52.0 Å². The number of benzene rings is 1. The molecule has 3 unspecified atom stereocenters. The van der Waals surface area contributed by atoms with Gasteiger partial charge in [0, 0.05) is 30.3 Å². The molecule has 1 aliphatic carbocycles. The Kier molecular flexibility index (Phi) is 6.38. The van der Waals surface area contributed by atoms with Gasteiger partial charge in [-0.1, -0.05) is 38.4 Å². The van der Waals surface area contributed by atoms with Gasteiger partial charge in [-0.3, -0.25) is 14.5 Å². The van der Waals surface area contributed by atoms with Crippen molar-refractivity contribution in [3.63, 3.8) is 0 Å². The van der Waals surface area contributed by atoms with Crippen LogP contribution in [-0.4, -0.2) is 54.5 Å². The normalized spacial score (nSPS) is 29.0. The molecule has 3 fully saturated rings. The predicted octanol–water partition coefficient (Wildman–Crippen LogP) is 3.73. The molecule has 8 heteroatoms. The molecule has 1 saturated carbocycles. The van der Waals surface area contributed by atoms with E-state index in [0.717, 1.165) is 41.5 Å². The van der Waals surface area contributed by atoms with Gasteiger partial charge in [-0.15, -0.1) is 0 Å². The first-order valence-corrected chi connectivity index (χ1v) is 12.3. The maximum Gasteiger partial charge on any atom is 0.325 e. The fourth-order valence-electron chi connectivity index (χ4n) is 6.25. The monoisotopic (exact) mass is 474 g/mol. The van der Waals surface area contributed by atoms with E-state index in [1.165, 1.54) is 5.56 Å². The number of carbonyl (C=O) groups excluding carboxylic acids is 3. The van der Waals surface area contributed by atoms with Crippen LogP contribution in [0.5, 0.6) is 0 Å². The largest absolute Gasteiger partial charge is 0.371 e. The third-order valence-electron chi connectivity index (χ3n) is 7.31. The molecular formula is C25H35ClN4O3. The average molecular weight is 475 g/mol. The Labute approximate surface area is 201 Å². The van der Waals surface area contributed by atoms with Crippen molar-refractivity contribution in [2.75, 3.05) is 31.1 Å². The van der Waals surface area contributed by atoms with Crippen LogP contribution in [0.15, 0.2) is 18.2 Å². The summed E-state index contributed by atoms with van der Waals surface area (Å²) in [5.41, 5.74) is 1.40. The Morgan fingerprint density at radius 2 is 2.03 bits per heavy atom. The summed E-state index contributed by atoms with van der Waals surface area (Å²) < 4.78 is 0. The zero-order valence-corrected chi connectivity index (χ0v) is 20.8. The first kappa shape index (κ1) is 23.9. The standard InChI is InChI=1S/C25H35ClN4O3/c1-16-10-24(3,4)15-25(11-16)22(32)30(23(33)28-25)14-21(31)27-12-18-7-8-29(13-18)20-9-19(26)6-5-17(20)2/h5-6,9,16,18H,7-8,10-15H2,1-4H3,(H,27,31)(H,28,33). The summed E-state index contributed by atoms with van der Waals surface area (Å²) in [7, 11) is 0. The van der Waals surface area contributed by atoms with E-state index in [9.17, 15) is 14.4 Å². The topological polar surface area (TPSA) is 81.8 Å². The molecular weight excluding hydrogens is 440 g/mol. The van der Waals surface area contributed by atoms with Crippen LogP contribution in [0.2, 0.25) is 5.02 Å². The number of hydrogen-bond acceptors (Lipinski definition) is 4. The van der Waals surface area contributed by atoms with Crippen LogP contribution in [-0.2, 0) is 9.59 Å². The van der Waals surface area contributed by atoms with Crippen molar-refractivity contribution >= 4 is 35.1 Å². The Balaban J connectivity index is 1.31. The van der Waals surface area contributed by atoms with Gasteiger partial charge in [0.1, 0.15) is 12.1 Å². The molecule has 4 amide bonds. The van der Waals surface area contributed by atoms with Gasteiger partial charge in [0.05, 0.1) is 0 Å². The number of anilines is 1. The van der Waals surface area contributed by atoms with E-state index in [0.29, 0.717) is 31.2 Å². The summed E-state index contributed by atoms with van der Waals surface area (Å²) in [5, 5.41) is 6.59. The number of rotatable bonds is 5. The molecule has 7 nitrogen and oxygen atoms in total. The van der Waals surface area contributed by atoms with Crippen molar-refractivity contribution in [1.82, 2.24) is 15.5 Å². The summed E-state index contributed by atoms with van der Waals surface area (Å²) in [4.78, 5) is 41.9. The van der Waals surface area contributed by atoms with Crippen LogP contribution >= 0.6 is 11.6 Å². The molecule has 2 aliphatic heterocycles. The Morgan fingerprint density at radius 1 is 1.27 bits per heavy atom. The SMILES string of the molecule is Cc1ccc(Cl)cc1N1CCC(CNC(=O)CN2C(=O)NC3(CC(C)CC(C)(C)C3)C2=O)C1. The molecule has 2 saturated heterocycles. The Bertz CT molecular complexity index is 965. The zero-order chi connectivity index (χ0) is 24.0. The Hall–Kier alpha value is -2.28. The van der Waals surface area contributed by atoms with Gasteiger partial charge >= 0.3 is 6.03 Å². The number of hydrogen-bond donors (Lipinski definition) is 2. The van der Waals surface area contributed by atoms with Gasteiger partial charge in [-0.2, -0.15) is 0 Å². The number of urea groups is 1. The highest BCUT2D eigenvalue weighted by atomic mass is 35.5. The second kappa shape index (κ2) is 8.82. The molecule has 4 rings (SSSR count). The molecule has 2 N–H and O–H groups in total. The predicted molar refractivity (Wildman–Crippen MR) is 129 cm³/mol. The molecule has 180 valence electrons. The summed E-state index contributed by atoms with van der Waals surface area (Å²) in [5.74, 6) is 0.0868. The first-order chi connectivity index (χ1) is 15.5. The molecule has 0 radical (unpaired) electrons. The first-order valence-electron chi connectivity index (χ1n) is 11.9. The number of imide groups is 1. The van der Waals surface area contributed by atoms with Crippen molar-refractivity contribution in [3.05, 3.63) is 28.8 Å². The van der Waals surface area contributed by atoms with Crippen LogP contribution in [0.25, 0.3) is 0 Å². The summed E-state index contributed by atoms with van der Waals surface area (Å²) in [6.07, 6.45) is 3.21. The van der Waals surface area contributed by atoms with Crippen LogP contribution in [0.3, 0.4) is 0 Å². The highest BCUT2D eigenvalue weighted by Gasteiger charge is 2.56. The Morgan fingerprint density at radius 3 is 2.76 bits per heavy atom. The van der Waals surface area contributed by atoms with E-state index < -0.39 is 11.6 Å². The van der Waals surface area contributed by atoms with Crippen LogP contribution in [0.4, 0.5) is 10.5 Å². The fraction of sp³-hybridized carbons (Fsp3) is 0.640. The van der Waals surface area contributed by atoms with Crippen molar-refractivity contribution in [2.24, 2.45) is 17.3 Å². The minimum absolute atomic E-state index is 0.0332. The van der Waals surface area contributed by atoms with E-state index in [1.54, 1.807) is 0 Å². The number of nitrogens with one attached hydrogen (secondary N) is 2. The van der Waals surface area contributed by atoms with Crippen molar-refractivity contribution in [1.29, 1.82) is 0 Å². The molecule has 2 heterocycles. The summed E-state index contributed by atoms with van der Waals surface area (Å²) in [6.45, 7) is 10.5. The van der Waals surface area contributed by atoms with Crippen LogP contribution in [0, 0.1) is 24.2 Å². The molecule has 1 aromatic rings. The lowest BCUT2D eigenvalue weighted by atomic mass is 9.64. The van der Waals surface area contributed by atoms with E-state index in [-0.39, 0.29) is 23.8 Å². The average Bonchev–Trinajstić information content (AvgIpc) is 3.26. The van der Waals surface area contributed by atoms with Gasteiger partial charge < -0.3 is 15.5 Å². The van der Waals surface area contributed by atoms with E-state index in [4.69, 9.17) is 11.6 Å². The highest BCUT2D eigenvalue weighted by Crippen LogP contribution is 2.46.